The van der Waals surface area contributed by atoms with Crippen molar-refractivity contribution in [3.63, 3.8) is 0 Å². The normalized spacial score (nSPS) is 16.7. The van der Waals surface area contributed by atoms with Crippen molar-refractivity contribution in [2.75, 3.05) is 13.6 Å². The second-order valence-corrected chi connectivity index (χ2v) is 7.29. The van der Waals surface area contributed by atoms with E-state index < -0.39 is 42.4 Å². The average molecular weight is 428 g/mol. The number of hydrogen-bond acceptors (Lipinski definition) is 8. The van der Waals surface area contributed by atoms with E-state index in [0.717, 1.165) is 47.8 Å². The van der Waals surface area contributed by atoms with E-state index in [-0.39, 0.29) is 22.3 Å². The Labute approximate surface area is 172 Å². The topological polar surface area (TPSA) is 177 Å². The summed E-state index contributed by atoms with van der Waals surface area (Å²) in [5.41, 5.74) is -1.35. The molecule has 1 atom stereocenters. The summed E-state index contributed by atoms with van der Waals surface area (Å²) in [6.45, 7) is 0.720. The first-order chi connectivity index (χ1) is 14.6. The number of allylic oxidation sites excluding steroid dienone is 1. The summed E-state index contributed by atoms with van der Waals surface area (Å²) < 4.78 is 0. The maximum Gasteiger partial charge on any atom is 0.284 e. The third-order valence-electron chi connectivity index (χ3n) is 5.60. The first kappa shape index (κ1) is 20.0. The summed E-state index contributed by atoms with van der Waals surface area (Å²) in [7, 11) is 1.84. The second kappa shape index (κ2) is 6.91. The molecule has 1 aliphatic heterocycles. The Balaban J connectivity index is 2.23. The monoisotopic (exact) mass is 428 g/mol. The van der Waals surface area contributed by atoms with Gasteiger partial charge in [-0.25, -0.2) is 0 Å². The van der Waals surface area contributed by atoms with E-state index in [0.29, 0.717) is 12.0 Å². The Morgan fingerprint density at radius 1 is 0.742 bits per heavy atom. The Morgan fingerprint density at radius 3 is 1.52 bits per heavy atom. The molecule has 0 spiro atoms. The lowest BCUT2D eigenvalue weighted by molar-refractivity contribution is -0.827. The van der Waals surface area contributed by atoms with E-state index in [1.54, 1.807) is 0 Å². The molecule has 2 aromatic rings. The van der Waals surface area contributed by atoms with Crippen LogP contribution in [0.4, 0.5) is 22.7 Å². The molecule has 2 aromatic carbocycles. The molecule has 0 amide bonds. The van der Waals surface area contributed by atoms with Gasteiger partial charge in [0, 0.05) is 41.7 Å². The lowest BCUT2D eigenvalue weighted by Crippen LogP contribution is -3.05. The van der Waals surface area contributed by atoms with E-state index in [2.05, 4.69) is 0 Å². The molecular formula is C18H14N5O8+. The first-order valence-electron chi connectivity index (χ1n) is 9.12. The molecule has 0 aromatic heterocycles. The summed E-state index contributed by atoms with van der Waals surface area (Å²) in [6, 6.07) is 3.80. The van der Waals surface area contributed by atoms with E-state index in [9.17, 15) is 40.5 Å². The van der Waals surface area contributed by atoms with Crippen LogP contribution in [0.1, 0.15) is 24.0 Å². The Morgan fingerprint density at radius 2 is 1.19 bits per heavy atom. The molecule has 1 aliphatic carbocycles. The number of likely N-dealkylation sites (tertiary alicyclic amines) is 1. The summed E-state index contributed by atoms with van der Waals surface area (Å²) in [5.74, 6) is 0. The van der Waals surface area contributed by atoms with Crippen LogP contribution in [0.15, 0.2) is 30.0 Å². The van der Waals surface area contributed by atoms with Crippen LogP contribution in [0.25, 0.3) is 16.7 Å². The molecule has 1 heterocycles. The van der Waals surface area contributed by atoms with Gasteiger partial charge in [0.2, 0.25) is 0 Å². The highest BCUT2D eigenvalue weighted by molar-refractivity contribution is 6.08. The molecule has 158 valence electrons. The molecule has 13 nitrogen and oxygen atoms in total. The minimum atomic E-state index is -0.834. The molecule has 1 unspecified atom stereocenters. The zero-order valence-corrected chi connectivity index (χ0v) is 16.0. The van der Waals surface area contributed by atoms with Crippen LogP contribution in [-0.2, 0) is 0 Å². The van der Waals surface area contributed by atoms with Gasteiger partial charge in [0.05, 0.1) is 56.5 Å². The van der Waals surface area contributed by atoms with Crippen molar-refractivity contribution in [1.82, 2.24) is 0 Å². The molecule has 4 rings (SSSR count). The van der Waals surface area contributed by atoms with Crippen molar-refractivity contribution in [1.29, 1.82) is 0 Å². The molecule has 1 saturated heterocycles. The number of nitrogens with zero attached hydrogens (tertiary/aromatic N) is 4. The Bertz CT molecular complexity index is 1170. The van der Waals surface area contributed by atoms with Crippen LogP contribution in [-0.4, -0.2) is 33.3 Å². The Hall–Kier alpha value is -4.26. The number of nitro benzene ring substituents is 4. The SMILES string of the molecule is C[NH+]1CCCC1=C1c2cc([N+](=O)[O-])cc([N+](=O)[O-])c2-c2c1cc([N+](=O)[O-])cc2[N+](=O)[O-]. The molecule has 2 aliphatic rings. The van der Waals surface area contributed by atoms with Gasteiger partial charge >= 0.3 is 0 Å². The number of nitrogens with one attached hydrogen (secondary N) is 1. The van der Waals surface area contributed by atoms with Gasteiger partial charge in [0.15, 0.2) is 0 Å². The summed E-state index contributed by atoms with van der Waals surface area (Å²) in [4.78, 5) is 44.1. The smallest absolute Gasteiger partial charge is 0.284 e. The van der Waals surface area contributed by atoms with Gasteiger partial charge in [-0.1, -0.05) is 0 Å². The van der Waals surface area contributed by atoms with Crippen LogP contribution in [0.5, 0.6) is 0 Å². The summed E-state index contributed by atoms with van der Waals surface area (Å²) >= 11 is 0. The fourth-order valence-corrected chi connectivity index (χ4v) is 4.35. The molecule has 13 heteroatoms. The minimum Gasteiger partial charge on any atom is -0.308 e. The molecular weight excluding hydrogens is 414 g/mol. The van der Waals surface area contributed by atoms with Crippen molar-refractivity contribution in [2.24, 2.45) is 0 Å². The predicted molar refractivity (Wildman–Crippen MR) is 106 cm³/mol. The highest BCUT2D eigenvalue weighted by Gasteiger charge is 2.43. The number of nitro groups is 4. The average Bonchev–Trinajstić information content (AvgIpc) is 3.26. The number of quaternary nitrogens is 1. The quantitative estimate of drug-likeness (QED) is 0.486. The summed E-state index contributed by atoms with van der Waals surface area (Å²) in [6.07, 6.45) is 1.32. The summed E-state index contributed by atoms with van der Waals surface area (Å²) in [5, 5.41) is 46.4. The highest BCUT2D eigenvalue weighted by Crippen LogP contribution is 2.55. The fourth-order valence-electron chi connectivity index (χ4n) is 4.35. The van der Waals surface area contributed by atoms with Crippen LogP contribution in [0.2, 0.25) is 0 Å². The lowest BCUT2D eigenvalue weighted by Gasteiger charge is -2.12. The number of non-ortho nitro benzene ring substituents is 2. The van der Waals surface area contributed by atoms with Gasteiger partial charge in [-0.05, 0) is 0 Å². The predicted octanol–water partition coefficient (Wildman–Crippen LogP) is 2.37. The van der Waals surface area contributed by atoms with E-state index >= 15 is 0 Å². The maximum atomic E-state index is 11.8. The van der Waals surface area contributed by atoms with Gasteiger partial charge in [-0.15, -0.1) is 0 Å². The third-order valence-corrected chi connectivity index (χ3v) is 5.60. The number of fused-ring (bicyclic) bond motifs is 3. The zero-order valence-electron chi connectivity index (χ0n) is 16.0. The van der Waals surface area contributed by atoms with Gasteiger partial charge < -0.3 is 4.90 Å². The number of benzene rings is 2. The van der Waals surface area contributed by atoms with Crippen LogP contribution < -0.4 is 4.90 Å². The lowest BCUT2D eigenvalue weighted by atomic mass is 9.99. The minimum absolute atomic E-state index is 0.107. The van der Waals surface area contributed by atoms with Crippen molar-refractivity contribution >= 4 is 28.3 Å². The van der Waals surface area contributed by atoms with Gasteiger partial charge in [-0.2, -0.15) is 0 Å². The van der Waals surface area contributed by atoms with Crippen molar-refractivity contribution in [3.05, 3.63) is 81.5 Å². The second-order valence-electron chi connectivity index (χ2n) is 7.29. The van der Waals surface area contributed by atoms with E-state index in [1.807, 2.05) is 7.05 Å². The van der Waals surface area contributed by atoms with E-state index in [4.69, 9.17) is 0 Å². The van der Waals surface area contributed by atoms with Crippen LogP contribution >= 0.6 is 0 Å². The first-order valence-corrected chi connectivity index (χ1v) is 9.12. The van der Waals surface area contributed by atoms with E-state index in [1.165, 1.54) is 0 Å². The van der Waals surface area contributed by atoms with Crippen LogP contribution in [0.3, 0.4) is 0 Å². The van der Waals surface area contributed by atoms with Crippen molar-refractivity contribution in [3.8, 4) is 11.1 Å². The molecule has 0 saturated carbocycles. The third kappa shape index (κ3) is 2.98. The molecule has 31 heavy (non-hydrogen) atoms. The van der Waals surface area contributed by atoms with Gasteiger partial charge in [0.1, 0.15) is 5.70 Å². The molecule has 0 bridgehead atoms. The largest absolute Gasteiger partial charge is 0.308 e. The van der Waals surface area contributed by atoms with Crippen molar-refractivity contribution < 1.29 is 24.6 Å². The maximum absolute atomic E-state index is 11.8. The standard InChI is InChI=1S/C18H13N5O8/c1-19-4-2-3-13(19)16-11-5-9(20(24)25)7-14(22(28)29)17(11)18-12(16)6-10(21(26)27)8-15(18)23(30)31/h5-8H,2-4H2,1H3/p+1. The molecule has 1 N–H and O–H groups in total. The molecule has 0 radical (unpaired) electrons. The number of hydrogen-bond donors (Lipinski definition) is 1. The van der Waals surface area contributed by atoms with Crippen molar-refractivity contribution in [2.45, 2.75) is 12.8 Å². The van der Waals surface area contributed by atoms with Crippen LogP contribution in [0, 0.1) is 40.5 Å². The highest BCUT2D eigenvalue weighted by atomic mass is 16.6. The molecule has 1 fully saturated rings. The number of rotatable bonds is 4. The Kier molecular flexibility index (Phi) is 4.47. The van der Waals surface area contributed by atoms with Gasteiger partial charge in [0.25, 0.3) is 22.7 Å². The zero-order chi connectivity index (χ0) is 22.6. The fraction of sp³-hybridized carbons (Fsp3) is 0.222. The van der Waals surface area contributed by atoms with Gasteiger partial charge in [-0.3, -0.25) is 40.5 Å².